The number of benzene rings is 2. The summed E-state index contributed by atoms with van der Waals surface area (Å²) in [5, 5.41) is 13.8. The van der Waals surface area contributed by atoms with Crippen molar-refractivity contribution < 1.29 is 0 Å². The summed E-state index contributed by atoms with van der Waals surface area (Å²) in [6, 6.07) is 17.7. The van der Waals surface area contributed by atoms with E-state index in [2.05, 4.69) is 33.5 Å². The summed E-state index contributed by atoms with van der Waals surface area (Å²) in [6.07, 6.45) is 0.699. The van der Waals surface area contributed by atoms with Crippen LogP contribution in [0.25, 0.3) is 4.96 Å². The molecule has 8 heteroatoms. The number of hydrogen-bond acceptors (Lipinski definition) is 6. The molecule has 4 rings (SSSR count). The minimum atomic E-state index is -0.250. The molecule has 2 aromatic carbocycles. The van der Waals surface area contributed by atoms with Gasteiger partial charge in [-0.25, -0.2) is 0 Å². The van der Waals surface area contributed by atoms with Crippen molar-refractivity contribution in [2.75, 3.05) is 0 Å². The van der Waals surface area contributed by atoms with Crippen LogP contribution in [0.15, 0.2) is 58.9 Å². The molecule has 0 spiro atoms. The molecule has 2 N–H and O–H groups in total. The van der Waals surface area contributed by atoms with E-state index >= 15 is 0 Å². The number of thioether (sulfide) groups is 1. The highest BCUT2D eigenvalue weighted by molar-refractivity contribution is 8.00. The van der Waals surface area contributed by atoms with Gasteiger partial charge in [0.05, 0.1) is 6.04 Å². The minimum absolute atomic E-state index is 0.250. The van der Waals surface area contributed by atoms with Crippen LogP contribution >= 0.6 is 34.7 Å². The van der Waals surface area contributed by atoms with Gasteiger partial charge in [0.15, 0.2) is 10.2 Å². The zero-order valence-corrected chi connectivity index (χ0v) is 16.1. The Morgan fingerprint density at radius 2 is 1.88 bits per heavy atom. The van der Waals surface area contributed by atoms with Crippen molar-refractivity contribution in [1.82, 2.24) is 19.8 Å². The fraction of sp³-hybridized carbons (Fsp3) is 0.167. The third-order valence-electron chi connectivity index (χ3n) is 3.88. The summed E-state index contributed by atoms with van der Waals surface area (Å²) in [5.74, 6) is 1.49. The van der Waals surface area contributed by atoms with Crippen LogP contribution in [0.4, 0.5) is 0 Å². The predicted octanol–water partition coefficient (Wildman–Crippen LogP) is 4.37. The van der Waals surface area contributed by atoms with Gasteiger partial charge in [0, 0.05) is 10.8 Å². The topological polar surface area (TPSA) is 69.1 Å². The van der Waals surface area contributed by atoms with Crippen LogP contribution in [0.3, 0.4) is 0 Å². The van der Waals surface area contributed by atoms with Gasteiger partial charge in [-0.1, -0.05) is 77.2 Å². The molecule has 2 heterocycles. The number of nitrogens with zero attached hydrogens (tertiary/aromatic N) is 4. The van der Waals surface area contributed by atoms with Gasteiger partial charge in [0.1, 0.15) is 0 Å². The Bertz CT molecular complexity index is 1010. The number of fused-ring (bicyclic) bond motifs is 1. The smallest absolute Gasteiger partial charge is 0.235 e. The highest BCUT2D eigenvalue weighted by Gasteiger charge is 2.18. The van der Waals surface area contributed by atoms with Crippen molar-refractivity contribution in [3.63, 3.8) is 0 Å². The van der Waals surface area contributed by atoms with Gasteiger partial charge in [-0.15, -0.1) is 15.3 Å². The van der Waals surface area contributed by atoms with Crippen molar-refractivity contribution >= 4 is 39.7 Å². The minimum Gasteiger partial charge on any atom is -0.321 e. The maximum Gasteiger partial charge on any atom is 0.235 e. The Labute approximate surface area is 164 Å². The van der Waals surface area contributed by atoms with Gasteiger partial charge in [-0.3, -0.25) is 0 Å². The number of nitrogens with two attached hydrogens (primary N) is 1. The second-order valence-electron chi connectivity index (χ2n) is 5.84. The molecule has 1 atom stereocenters. The largest absolute Gasteiger partial charge is 0.321 e. The summed E-state index contributed by atoms with van der Waals surface area (Å²) in [4.78, 5) is 0.761. The average Bonchev–Trinajstić information content (AvgIpc) is 3.21. The first-order chi connectivity index (χ1) is 12.7. The Morgan fingerprint density at radius 3 is 2.69 bits per heavy atom. The first kappa shape index (κ1) is 17.5. The molecule has 0 unspecified atom stereocenters. The van der Waals surface area contributed by atoms with E-state index in [1.54, 1.807) is 16.3 Å². The first-order valence-corrected chi connectivity index (χ1v) is 10.3. The summed E-state index contributed by atoms with van der Waals surface area (Å²) < 4.78 is 2.70. The number of rotatable bonds is 6. The number of halogens is 1. The molecule has 132 valence electrons. The Kier molecular flexibility index (Phi) is 5.21. The van der Waals surface area contributed by atoms with Gasteiger partial charge >= 0.3 is 0 Å². The van der Waals surface area contributed by atoms with Crippen LogP contribution in [0.5, 0.6) is 0 Å². The number of hydrogen-bond donors (Lipinski definition) is 1. The quantitative estimate of drug-likeness (QED) is 0.486. The third kappa shape index (κ3) is 3.91. The van der Waals surface area contributed by atoms with E-state index in [1.807, 2.05) is 36.4 Å². The molecule has 0 saturated heterocycles. The molecule has 0 aliphatic rings. The number of aromatic nitrogens is 4. The molecule has 2 aromatic heterocycles. The van der Waals surface area contributed by atoms with E-state index in [4.69, 9.17) is 17.3 Å². The monoisotopic (exact) mass is 401 g/mol. The van der Waals surface area contributed by atoms with Crippen LogP contribution in [0, 0.1) is 0 Å². The molecular weight excluding hydrogens is 386 g/mol. The Morgan fingerprint density at radius 1 is 1.08 bits per heavy atom. The molecule has 5 nitrogen and oxygen atoms in total. The molecule has 0 radical (unpaired) electrons. The van der Waals surface area contributed by atoms with Crippen LogP contribution in [0.2, 0.25) is 5.02 Å². The highest BCUT2D eigenvalue weighted by Crippen LogP contribution is 2.29. The predicted molar refractivity (Wildman–Crippen MR) is 107 cm³/mol. The second kappa shape index (κ2) is 7.75. The SMILES string of the molecule is N[C@@H](Cc1ccccc1)c1nnc2sc(SCc3cccc(Cl)c3)nn12. The van der Waals surface area contributed by atoms with Crippen LogP contribution in [-0.2, 0) is 12.2 Å². The van der Waals surface area contributed by atoms with Crippen LogP contribution in [-0.4, -0.2) is 19.8 Å². The second-order valence-corrected chi connectivity index (χ2v) is 8.45. The fourth-order valence-corrected chi connectivity index (χ4v) is 4.67. The van der Waals surface area contributed by atoms with Crippen molar-refractivity contribution in [2.24, 2.45) is 5.73 Å². The summed E-state index contributed by atoms with van der Waals surface area (Å²) >= 11 is 9.21. The zero-order valence-electron chi connectivity index (χ0n) is 13.7. The van der Waals surface area contributed by atoms with E-state index in [-0.39, 0.29) is 6.04 Å². The van der Waals surface area contributed by atoms with Crippen molar-refractivity contribution in [3.05, 3.63) is 76.6 Å². The lowest BCUT2D eigenvalue weighted by Gasteiger charge is -2.08. The molecule has 0 bridgehead atoms. The van der Waals surface area contributed by atoms with Gasteiger partial charge in [0.2, 0.25) is 4.96 Å². The standard InChI is InChI=1S/C18H16ClN5S2/c19-14-8-4-7-13(9-14)11-25-18-23-24-16(21-22-17(24)26-18)15(20)10-12-5-2-1-3-6-12/h1-9,15H,10-11,20H2/t15-/m0/s1. The molecule has 4 aromatic rings. The van der Waals surface area contributed by atoms with E-state index in [0.717, 1.165) is 25.6 Å². The molecule has 26 heavy (non-hydrogen) atoms. The Balaban J connectivity index is 1.49. The summed E-state index contributed by atoms with van der Waals surface area (Å²) in [6.45, 7) is 0. The maximum absolute atomic E-state index is 6.35. The molecular formula is C18H16ClN5S2. The highest BCUT2D eigenvalue weighted by atomic mass is 35.5. The lowest BCUT2D eigenvalue weighted by atomic mass is 10.1. The summed E-state index contributed by atoms with van der Waals surface area (Å²) in [7, 11) is 0. The zero-order chi connectivity index (χ0) is 17.9. The van der Waals surface area contributed by atoms with Crippen molar-refractivity contribution in [3.8, 4) is 0 Å². The first-order valence-electron chi connectivity index (χ1n) is 8.08. The molecule has 0 fully saturated rings. The van der Waals surface area contributed by atoms with Crippen LogP contribution in [0.1, 0.15) is 23.0 Å². The van der Waals surface area contributed by atoms with E-state index in [0.29, 0.717) is 12.2 Å². The van der Waals surface area contributed by atoms with Gasteiger partial charge in [0.25, 0.3) is 0 Å². The molecule has 0 aliphatic heterocycles. The average molecular weight is 402 g/mol. The van der Waals surface area contributed by atoms with Crippen molar-refractivity contribution in [1.29, 1.82) is 0 Å². The molecule has 0 saturated carbocycles. The third-order valence-corrected chi connectivity index (χ3v) is 6.22. The molecule has 0 aliphatic carbocycles. The van der Waals surface area contributed by atoms with Gasteiger partial charge in [-0.05, 0) is 29.7 Å². The summed E-state index contributed by atoms with van der Waals surface area (Å²) in [5.41, 5.74) is 8.68. The van der Waals surface area contributed by atoms with Crippen LogP contribution < -0.4 is 5.73 Å². The van der Waals surface area contributed by atoms with E-state index in [1.165, 1.54) is 16.9 Å². The van der Waals surface area contributed by atoms with E-state index in [9.17, 15) is 0 Å². The Hall–Kier alpha value is -1.93. The van der Waals surface area contributed by atoms with Crippen molar-refractivity contribution in [2.45, 2.75) is 22.6 Å². The van der Waals surface area contributed by atoms with Gasteiger partial charge < -0.3 is 5.73 Å². The molecule has 0 amide bonds. The lowest BCUT2D eigenvalue weighted by molar-refractivity contribution is 0.635. The maximum atomic E-state index is 6.35. The normalized spacial score (nSPS) is 12.5. The fourth-order valence-electron chi connectivity index (χ4n) is 2.64. The lowest BCUT2D eigenvalue weighted by Crippen LogP contribution is -2.17. The van der Waals surface area contributed by atoms with E-state index < -0.39 is 0 Å². The van der Waals surface area contributed by atoms with Gasteiger partial charge in [-0.2, -0.15) is 4.52 Å².